The molecule has 5 rings (SSSR count). The first-order valence-electron chi connectivity index (χ1n) is 15.3. The van der Waals surface area contributed by atoms with E-state index in [1.165, 1.54) is 0 Å². The van der Waals surface area contributed by atoms with Crippen LogP contribution in [0.2, 0.25) is 0 Å². The largest absolute Gasteiger partial charge is 0.394 e. The third-order valence-corrected chi connectivity index (χ3v) is 10.2. The van der Waals surface area contributed by atoms with Crippen molar-refractivity contribution in [3.8, 4) is 0 Å². The van der Waals surface area contributed by atoms with Gasteiger partial charge in [0.15, 0.2) is 0 Å². The summed E-state index contributed by atoms with van der Waals surface area (Å²) >= 11 is 0. The van der Waals surface area contributed by atoms with Crippen molar-refractivity contribution >= 4 is 17.7 Å². The summed E-state index contributed by atoms with van der Waals surface area (Å²) < 4.78 is 6.97. The number of carbonyl (C=O) groups excluding carboxylic acids is 3. The van der Waals surface area contributed by atoms with Gasteiger partial charge in [-0.1, -0.05) is 68.7 Å². The van der Waals surface area contributed by atoms with Gasteiger partial charge in [0.1, 0.15) is 11.6 Å². The highest BCUT2D eigenvalue weighted by atomic mass is 16.5. The van der Waals surface area contributed by atoms with E-state index in [-0.39, 0.29) is 30.4 Å². The Labute approximate surface area is 244 Å². The summed E-state index contributed by atoms with van der Waals surface area (Å²) in [6.07, 6.45) is 10.2. The molecule has 3 saturated heterocycles. The maximum absolute atomic E-state index is 14.9. The highest BCUT2D eigenvalue weighted by Gasteiger charge is 2.79. The molecule has 0 aromatic heterocycles. The third-order valence-electron chi connectivity index (χ3n) is 10.2. The minimum Gasteiger partial charge on any atom is -0.394 e. The minimum absolute atomic E-state index is 0.0563. The summed E-state index contributed by atoms with van der Waals surface area (Å²) in [5, 5.41) is 10.7. The van der Waals surface area contributed by atoms with Crippen LogP contribution in [0.5, 0.6) is 0 Å². The third kappa shape index (κ3) is 4.63. The Hall–Kier alpha value is -2.97. The second-order valence-corrected chi connectivity index (χ2v) is 12.3. The van der Waals surface area contributed by atoms with Crippen molar-refractivity contribution < 1.29 is 24.2 Å². The van der Waals surface area contributed by atoms with E-state index in [1.54, 1.807) is 29.0 Å². The lowest BCUT2D eigenvalue weighted by Gasteiger charge is -2.42. The number of benzene rings is 1. The Morgan fingerprint density at radius 1 is 1.10 bits per heavy atom. The van der Waals surface area contributed by atoms with Crippen LogP contribution in [0.4, 0.5) is 0 Å². The zero-order chi connectivity index (χ0) is 29.4. The number of aliphatic hydroxyl groups excluding tert-OH is 1. The van der Waals surface area contributed by atoms with Crippen molar-refractivity contribution in [2.45, 2.75) is 87.6 Å². The number of amides is 3. The van der Waals surface area contributed by atoms with Crippen molar-refractivity contribution in [1.29, 1.82) is 0 Å². The van der Waals surface area contributed by atoms with Gasteiger partial charge >= 0.3 is 0 Å². The lowest BCUT2D eigenvalue weighted by Crippen LogP contribution is -2.59. The van der Waals surface area contributed by atoms with Crippen LogP contribution in [0, 0.1) is 11.8 Å². The van der Waals surface area contributed by atoms with Crippen LogP contribution in [0.25, 0.3) is 0 Å². The fourth-order valence-corrected chi connectivity index (χ4v) is 8.30. The number of carbonyl (C=O) groups is 3. The Morgan fingerprint density at radius 2 is 1.78 bits per heavy atom. The van der Waals surface area contributed by atoms with Gasteiger partial charge < -0.3 is 24.5 Å². The van der Waals surface area contributed by atoms with Crippen molar-refractivity contribution in [1.82, 2.24) is 14.7 Å². The van der Waals surface area contributed by atoms with Gasteiger partial charge in [-0.05, 0) is 37.7 Å². The zero-order valence-corrected chi connectivity index (χ0v) is 24.5. The van der Waals surface area contributed by atoms with Crippen LogP contribution in [0.3, 0.4) is 0 Å². The van der Waals surface area contributed by atoms with Crippen LogP contribution in [0.1, 0.15) is 69.9 Å². The molecule has 41 heavy (non-hydrogen) atoms. The van der Waals surface area contributed by atoms with Gasteiger partial charge in [0.05, 0.1) is 30.1 Å². The Bertz CT molecular complexity index is 1170. The lowest BCUT2D eigenvalue weighted by molar-refractivity contribution is -0.159. The van der Waals surface area contributed by atoms with Crippen LogP contribution in [0.15, 0.2) is 55.6 Å². The number of fused-ring (bicyclic) bond motifs is 1. The number of likely N-dealkylation sites (tertiary alicyclic amines) is 1. The Balaban J connectivity index is 1.65. The van der Waals surface area contributed by atoms with Crippen LogP contribution in [-0.2, 0) is 19.1 Å². The minimum atomic E-state index is -1.14. The first kappa shape index (κ1) is 29.5. The quantitative estimate of drug-likeness (QED) is 0.413. The van der Waals surface area contributed by atoms with Gasteiger partial charge in [-0.25, -0.2) is 0 Å². The van der Waals surface area contributed by atoms with Crippen molar-refractivity contribution in [3.63, 3.8) is 0 Å². The summed E-state index contributed by atoms with van der Waals surface area (Å²) in [7, 11) is 1.72. The SMILES string of the molecule is C=CCN(C)C(=O)[C@H]1[C@H]2C(=O)N([C@H](CO)c3ccccc3)C(C(=O)N(CC=C)C3CCCCC3)C23CC[C@]1(CC)O3. The van der Waals surface area contributed by atoms with Gasteiger partial charge in [0, 0.05) is 26.2 Å². The van der Waals surface area contributed by atoms with E-state index in [4.69, 9.17) is 4.74 Å². The molecule has 8 heteroatoms. The molecule has 2 unspecified atom stereocenters. The van der Waals surface area contributed by atoms with E-state index in [2.05, 4.69) is 13.2 Å². The summed E-state index contributed by atoms with van der Waals surface area (Å²) in [4.78, 5) is 48.7. The molecule has 3 aliphatic heterocycles. The van der Waals surface area contributed by atoms with E-state index >= 15 is 0 Å². The van der Waals surface area contributed by atoms with Gasteiger partial charge in [0.25, 0.3) is 0 Å². The second-order valence-electron chi connectivity index (χ2n) is 12.3. The number of hydrogen-bond acceptors (Lipinski definition) is 5. The molecule has 222 valence electrons. The summed E-state index contributed by atoms with van der Waals surface area (Å²) in [5.74, 6) is -2.12. The number of hydrogen-bond donors (Lipinski definition) is 1. The van der Waals surface area contributed by atoms with Crippen LogP contribution in [-0.4, -0.2) is 87.6 Å². The molecular weight excluding hydrogens is 518 g/mol. The van der Waals surface area contributed by atoms with Gasteiger partial charge in [-0.3, -0.25) is 14.4 Å². The molecule has 2 bridgehead atoms. The highest BCUT2D eigenvalue weighted by Crippen LogP contribution is 2.65. The van der Waals surface area contributed by atoms with Crippen molar-refractivity contribution in [2.24, 2.45) is 11.8 Å². The normalized spacial score (nSPS) is 31.5. The topological polar surface area (TPSA) is 90.4 Å². The number of nitrogens with zero attached hydrogens (tertiary/aromatic N) is 3. The van der Waals surface area contributed by atoms with E-state index in [1.807, 2.05) is 42.2 Å². The highest BCUT2D eigenvalue weighted by molar-refractivity contribution is 5.99. The summed E-state index contributed by atoms with van der Waals surface area (Å²) in [6.45, 7) is 10.1. The molecule has 6 atom stereocenters. The first-order valence-corrected chi connectivity index (χ1v) is 15.3. The molecule has 3 amide bonds. The molecule has 1 aliphatic carbocycles. The van der Waals surface area contributed by atoms with E-state index in [0.717, 1.165) is 37.7 Å². The number of likely N-dealkylation sites (N-methyl/N-ethyl adjacent to an activating group) is 1. The Kier molecular flexibility index (Phi) is 8.44. The average molecular weight is 564 g/mol. The molecule has 1 aromatic carbocycles. The van der Waals surface area contributed by atoms with Gasteiger partial charge in [-0.15, -0.1) is 13.2 Å². The van der Waals surface area contributed by atoms with Crippen LogP contribution < -0.4 is 0 Å². The number of rotatable bonds is 11. The fourth-order valence-electron chi connectivity index (χ4n) is 8.30. The van der Waals surface area contributed by atoms with Gasteiger partial charge in [-0.2, -0.15) is 0 Å². The van der Waals surface area contributed by atoms with Crippen molar-refractivity contribution in [3.05, 3.63) is 61.2 Å². The number of ether oxygens (including phenoxy) is 1. The molecule has 1 saturated carbocycles. The fraction of sp³-hybridized carbons (Fsp3) is 0.606. The monoisotopic (exact) mass is 563 g/mol. The second kappa shape index (κ2) is 11.7. The number of aliphatic hydroxyl groups is 1. The standard InChI is InChI=1S/C33H45N3O5/c1-5-20-34(4)29(38)26-27-30(39)36(25(22-37)23-14-10-8-11-15-23)28(33(27)19-18-32(26,7-3)41-33)31(40)35(21-6-2)24-16-12-9-13-17-24/h5-6,8,10-11,14-15,24-28,37H,1-2,7,9,12-13,16-22H2,3-4H3/t25-,26-,27+,28?,32+,33?/m1/s1. The maximum atomic E-state index is 14.9. The summed E-state index contributed by atoms with van der Waals surface area (Å²) in [5.41, 5.74) is -1.21. The average Bonchev–Trinajstić information content (AvgIpc) is 3.60. The lowest BCUT2D eigenvalue weighted by atomic mass is 9.64. The van der Waals surface area contributed by atoms with Crippen LogP contribution >= 0.6 is 0 Å². The maximum Gasteiger partial charge on any atom is 0.248 e. The van der Waals surface area contributed by atoms with E-state index in [9.17, 15) is 19.5 Å². The van der Waals surface area contributed by atoms with E-state index in [0.29, 0.717) is 32.4 Å². The van der Waals surface area contributed by atoms with Gasteiger partial charge in [0.2, 0.25) is 17.7 Å². The van der Waals surface area contributed by atoms with Crippen molar-refractivity contribution in [2.75, 3.05) is 26.7 Å². The molecule has 8 nitrogen and oxygen atoms in total. The Morgan fingerprint density at radius 3 is 2.39 bits per heavy atom. The molecule has 4 aliphatic rings. The molecule has 1 N–H and O–H groups in total. The predicted octanol–water partition coefficient (Wildman–Crippen LogP) is 3.87. The first-order chi connectivity index (χ1) is 19.8. The predicted molar refractivity (Wildman–Crippen MR) is 157 cm³/mol. The molecule has 1 spiro atoms. The smallest absolute Gasteiger partial charge is 0.248 e. The molecule has 3 heterocycles. The molecule has 1 aromatic rings. The zero-order valence-electron chi connectivity index (χ0n) is 24.5. The molecular formula is C33H45N3O5. The molecule has 0 radical (unpaired) electrons. The van der Waals surface area contributed by atoms with E-state index < -0.39 is 35.1 Å². The molecule has 4 fully saturated rings. The summed E-state index contributed by atoms with van der Waals surface area (Å²) in [6, 6.07) is 7.73.